The maximum atomic E-state index is 11.9. The van der Waals surface area contributed by atoms with Crippen LogP contribution >= 0.6 is 0 Å². The molecule has 0 atom stereocenters. The number of amides is 1. The number of hydrogen-bond acceptors (Lipinski definition) is 3. The molecular weight excluding hydrogens is 238 g/mol. The number of nitrogens with zero attached hydrogens (tertiary/aromatic N) is 1. The van der Waals surface area contributed by atoms with Crippen molar-refractivity contribution in [3.05, 3.63) is 23.5 Å². The van der Waals surface area contributed by atoms with E-state index in [2.05, 4.69) is 17.2 Å². The minimum absolute atomic E-state index is 0.126. The Labute approximate surface area is 115 Å². The van der Waals surface area contributed by atoms with E-state index < -0.39 is 0 Å². The number of carbonyl (C=O) groups is 1. The Morgan fingerprint density at radius 3 is 2.63 bits per heavy atom. The van der Waals surface area contributed by atoms with Gasteiger partial charge in [0.2, 0.25) is 0 Å². The molecule has 0 aliphatic heterocycles. The van der Waals surface area contributed by atoms with Crippen molar-refractivity contribution in [3.8, 4) is 0 Å². The van der Waals surface area contributed by atoms with Gasteiger partial charge in [0.05, 0.1) is 5.56 Å². The molecule has 0 saturated heterocycles. The van der Waals surface area contributed by atoms with E-state index in [1.165, 1.54) is 32.1 Å². The van der Waals surface area contributed by atoms with Gasteiger partial charge in [-0.2, -0.15) is 0 Å². The second-order valence-corrected chi connectivity index (χ2v) is 4.94. The average molecular weight is 263 g/mol. The zero-order chi connectivity index (χ0) is 14.1. The van der Waals surface area contributed by atoms with Crippen LogP contribution in [0.2, 0.25) is 0 Å². The molecule has 4 heteroatoms. The molecule has 3 N–H and O–H groups in total. The van der Waals surface area contributed by atoms with Crippen molar-refractivity contribution in [2.45, 2.75) is 52.4 Å². The maximum absolute atomic E-state index is 11.9. The number of nitrogens with two attached hydrogens (primary N) is 1. The van der Waals surface area contributed by atoms with Gasteiger partial charge >= 0.3 is 0 Å². The van der Waals surface area contributed by atoms with E-state index in [-0.39, 0.29) is 5.91 Å². The Hall–Kier alpha value is -1.58. The first-order valence-electron chi connectivity index (χ1n) is 7.15. The molecule has 0 aliphatic rings. The Bertz CT molecular complexity index is 404. The van der Waals surface area contributed by atoms with Crippen molar-refractivity contribution in [1.82, 2.24) is 10.3 Å². The maximum Gasteiger partial charge on any atom is 0.254 e. The number of aromatic nitrogens is 1. The average Bonchev–Trinajstić information content (AvgIpc) is 2.37. The van der Waals surface area contributed by atoms with E-state index in [4.69, 9.17) is 5.73 Å². The van der Waals surface area contributed by atoms with E-state index in [1.807, 2.05) is 6.92 Å². The highest BCUT2D eigenvalue weighted by Crippen LogP contribution is 2.11. The van der Waals surface area contributed by atoms with Gasteiger partial charge in [-0.15, -0.1) is 0 Å². The van der Waals surface area contributed by atoms with Crippen LogP contribution in [0.15, 0.2) is 12.3 Å². The third kappa shape index (κ3) is 5.73. The zero-order valence-electron chi connectivity index (χ0n) is 12.0. The van der Waals surface area contributed by atoms with E-state index in [1.54, 1.807) is 12.3 Å². The van der Waals surface area contributed by atoms with Crippen molar-refractivity contribution in [2.75, 3.05) is 12.3 Å². The highest BCUT2D eigenvalue weighted by molar-refractivity contribution is 5.98. The third-order valence-electron chi connectivity index (χ3n) is 3.13. The Morgan fingerprint density at radius 2 is 1.95 bits per heavy atom. The molecule has 106 valence electrons. The molecule has 19 heavy (non-hydrogen) atoms. The second kappa shape index (κ2) is 8.51. The van der Waals surface area contributed by atoms with Crippen LogP contribution in [0, 0.1) is 6.92 Å². The van der Waals surface area contributed by atoms with Crippen LogP contribution in [-0.4, -0.2) is 17.4 Å². The fourth-order valence-electron chi connectivity index (χ4n) is 1.97. The van der Waals surface area contributed by atoms with Crippen LogP contribution in [0.5, 0.6) is 0 Å². The number of hydrogen-bond donors (Lipinski definition) is 2. The number of anilines is 1. The largest absolute Gasteiger partial charge is 0.398 e. The summed E-state index contributed by atoms with van der Waals surface area (Å²) in [6, 6.07) is 1.72. The SMILES string of the molecule is CCCCCCCCNC(=O)c1cnc(C)cc1N. The van der Waals surface area contributed by atoms with Crippen LogP contribution in [-0.2, 0) is 0 Å². The molecule has 1 rings (SSSR count). The molecule has 1 aromatic heterocycles. The molecule has 0 aromatic carbocycles. The van der Waals surface area contributed by atoms with Crippen LogP contribution in [0.4, 0.5) is 5.69 Å². The minimum Gasteiger partial charge on any atom is -0.398 e. The molecule has 4 nitrogen and oxygen atoms in total. The molecule has 0 spiro atoms. The Morgan fingerprint density at radius 1 is 1.26 bits per heavy atom. The van der Waals surface area contributed by atoms with Crippen molar-refractivity contribution >= 4 is 11.6 Å². The summed E-state index contributed by atoms with van der Waals surface area (Å²) in [5.74, 6) is -0.126. The summed E-state index contributed by atoms with van der Waals surface area (Å²) in [6.45, 7) is 4.77. The van der Waals surface area contributed by atoms with E-state index in [9.17, 15) is 4.79 Å². The zero-order valence-corrected chi connectivity index (χ0v) is 12.0. The molecule has 0 saturated carbocycles. The summed E-state index contributed by atoms with van der Waals surface area (Å²) in [5, 5.41) is 2.89. The van der Waals surface area contributed by atoms with Gasteiger partial charge in [-0.25, -0.2) is 0 Å². The quantitative estimate of drug-likeness (QED) is 0.708. The summed E-state index contributed by atoms with van der Waals surface area (Å²) in [6.07, 6.45) is 8.84. The summed E-state index contributed by atoms with van der Waals surface area (Å²) in [5.41, 5.74) is 7.59. The number of nitrogens with one attached hydrogen (secondary N) is 1. The predicted molar refractivity (Wildman–Crippen MR) is 79.1 cm³/mol. The van der Waals surface area contributed by atoms with Gasteiger partial charge in [0, 0.05) is 24.1 Å². The highest BCUT2D eigenvalue weighted by atomic mass is 16.1. The summed E-state index contributed by atoms with van der Waals surface area (Å²) in [4.78, 5) is 16.0. The minimum atomic E-state index is -0.126. The van der Waals surface area contributed by atoms with E-state index in [0.717, 1.165) is 12.1 Å². The molecule has 1 amide bonds. The number of pyridine rings is 1. The first-order valence-corrected chi connectivity index (χ1v) is 7.15. The number of rotatable bonds is 8. The van der Waals surface area contributed by atoms with E-state index in [0.29, 0.717) is 17.8 Å². The summed E-state index contributed by atoms with van der Waals surface area (Å²) < 4.78 is 0. The number of aryl methyl sites for hydroxylation is 1. The first-order chi connectivity index (χ1) is 9.15. The molecule has 0 bridgehead atoms. The van der Waals surface area contributed by atoms with Crippen LogP contribution < -0.4 is 11.1 Å². The molecule has 0 radical (unpaired) electrons. The van der Waals surface area contributed by atoms with Gasteiger partial charge in [-0.05, 0) is 19.4 Å². The van der Waals surface area contributed by atoms with Crippen LogP contribution in [0.1, 0.15) is 61.5 Å². The third-order valence-corrected chi connectivity index (χ3v) is 3.13. The van der Waals surface area contributed by atoms with Crippen LogP contribution in [0.25, 0.3) is 0 Å². The fourth-order valence-corrected chi connectivity index (χ4v) is 1.97. The predicted octanol–water partition coefficient (Wildman–Crippen LogP) is 3.06. The number of carbonyl (C=O) groups excluding carboxylic acids is 1. The summed E-state index contributed by atoms with van der Waals surface area (Å²) >= 11 is 0. The molecular formula is C15H25N3O. The Balaban J connectivity index is 2.24. The molecule has 0 unspecified atom stereocenters. The first kappa shape index (κ1) is 15.5. The number of unbranched alkanes of at least 4 members (excludes halogenated alkanes) is 5. The lowest BCUT2D eigenvalue weighted by atomic mass is 10.1. The van der Waals surface area contributed by atoms with Gasteiger partial charge < -0.3 is 11.1 Å². The van der Waals surface area contributed by atoms with Gasteiger partial charge in [-0.1, -0.05) is 39.0 Å². The highest BCUT2D eigenvalue weighted by Gasteiger charge is 2.09. The van der Waals surface area contributed by atoms with Gasteiger partial charge in [-0.3, -0.25) is 9.78 Å². The molecule has 1 heterocycles. The monoisotopic (exact) mass is 263 g/mol. The molecule has 0 aliphatic carbocycles. The molecule has 0 fully saturated rings. The lowest BCUT2D eigenvalue weighted by Gasteiger charge is -2.07. The number of nitrogen functional groups attached to an aromatic ring is 1. The van der Waals surface area contributed by atoms with Crippen molar-refractivity contribution < 1.29 is 4.79 Å². The van der Waals surface area contributed by atoms with Crippen LogP contribution in [0.3, 0.4) is 0 Å². The van der Waals surface area contributed by atoms with Gasteiger partial charge in [0.15, 0.2) is 0 Å². The fraction of sp³-hybridized carbons (Fsp3) is 0.600. The van der Waals surface area contributed by atoms with E-state index >= 15 is 0 Å². The van der Waals surface area contributed by atoms with Crippen molar-refractivity contribution in [2.24, 2.45) is 0 Å². The summed E-state index contributed by atoms with van der Waals surface area (Å²) in [7, 11) is 0. The topological polar surface area (TPSA) is 68.0 Å². The lowest BCUT2D eigenvalue weighted by Crippen LogP contribution is -2.25. The molecule has 1 aromatic rings. The van der Waals surface area contributed by atoms with Gasteiger partial charge in [0.25, 0.3) is 5.91 Å². The lowest BCUT2D eigenvalue weighted by molar-refractivity contribution is 0.0953. The van der Waals surface area contributed by atoms with Crippen molar-refractivity contribution in [1.29, 1.82) is 0 Å². The normalized spacial score (nSPS) is 10.4. The standard InChI is InChI=1S/C15H25N3O/c1-3-4-5-6-7-8-9-17-15(19)13-11-18-12(2)10-14(13)16/h10-11H,3-9H2,1-2H3,(H2,16,18)(H,17,19). The smallest absolute Gasteiger partial charge is 0.254 e. The second-order valence-electron chi connectivity index (χ2n) is 4.94. The Kier molecular flexibility index (Phi) is 6.93. The van der Waals surface area contributed by atoms with Gasteiger partial charge in [0.1, 0.15) is 0 Å². The van der Waals surface area contributed by atoms with Crippen molar-refractivity contribution in [3.63, 3.8) is 0 Å².